The second kappa shape index (κ2) is 5.93. The van der Waals surface area contributed by atoms with Gasteiger partial charge in [-0.3, -0.25) is 0 Å². The van der Waals surface area contributed by atoms with Crippen molar-refractivity contribution in [2.75, 3.05) is 0 Å². The van der Waals surface area contributed by atoms with Gasteiger partial charge in [0.15, 0.2) is 0 Å². The lowest BCUT2D eigenvalue weighted by Gasteiger charge is -2.27. The molecule has 1 aromatic carbocycles. The van der Waals surface area contributed by atoms with Crippen molar-refractivity contribution in [1.82, 2.24) is 10.1 Å². The maximum atomic E-state index is 13.4. The van der Waals surface area contributed by atoms with Crippen molar-refractivity contribution in [3.8, 4) is 11.4 Å². The summed E-state index contributed by atoms with van der Waals surface area (Å²) in [5.41, 5.74) is 7.76. The number of hydrogen-bond donors (Lipinski definition) is 1. The third kappa shape index (κ3) is 3.13. The molecular formula is C16H20FN3O. The van der Waals surface area contributed by atoms with Gasteiger partial charge in [-0.25, -0.2) is 4.39 Å². The van der Waals surface area contributed by atoms with Gasteiger partial charge in [-0.05, 0) is 43.4 Å². The van der Waals surface area contributed by atoms with Crippen LogP contribution in [0.3, 0.4) is 0 Å². The molecule has 21 heavy (non-hydrogen) atoms. The predicted octanol–water partition coefficient (Wildman–Crippen LogP) is 3.24. The first kappa shape index (κ1) is 14.2. The highest BCUT2D eigenvalue weighted by atomic mass is 19.1. The molecular weight excluding hydrogens is 269 g/mol. The molecule has 0 radical (unpaired) electrons. The Morgan fingerprint density at radius 1 is 1.33 bits per heavy atom. The number of halogens is 1. The van der Waals surface area contributed by atoms with Gasteiger partial charge in [0.25, 0.3) is 0 Å². The first-order valence-electron chi connectivity index (χ1n) is 7.48. The van der Waals surface area contributed by atoms with Crippen molar-refractivity contribution in [3.05, 3.63) is 35.5 Å². The molecule has 0 spiro atoms. The van der Waals surface area contributed by atoms with Gasteiger partial charge in [-0.1, -0.05) is 24.1 Å². The molecule has 1 aliphatic carbocycles. The normalized spacial score (nSPS) is 22.4. The summed E-state index contributed by atoms with van der Waals surface area (Å²) in [4.78, 5) is 4.41. The highest BCUT2D eigenvalue weighted by Crippen LogP contribution is 2.27. The molecule has 3 rings (SSSR count). The molecule has 2 aromatic rings. The third-order valence-electron chi connectivity index (χ3n) is 4.31. The molecule has 2 N–H and O–H groups in total. The Hall–Kier alpha value is -1.75. The van der Waals surface area contributed by atoms with Gasteiger partial charge in [-0.15, -0.1) is 0 Å². The van der Waals surface area contributed by atoms with Gasteiger partial charge in [-0.2, -0.15) is 4.98 Å². The van der Waals surface area contributed by atoms with Crippen LogP contribution in [-0.2, 0) is 6.42 Å². The van der Waals surface area contributed by atoms with E-state index in [0.717, 1.165) is 18.4 Å². The average molecular weight is 289 g/mol. The molecule has 5 heteroatoms. The minimum Gasteiger partial charge on any atom is -0.339 e. The fraction of sp³-hybridized carbons (Fsp3) is 0.500. The van der Waals surface area contributed by atoms with Crippen LogP contribution in [0.15, 0.2) is 22.7 Å². The SMILES string of the molecule is Cc1ccc(F)cc1-c1noc(CC2CCCCC2N)n1. The Morgan fingerprint density at radius 3 is 2.95 bits per heavy atom. The maximum Gasteiger partial charge on any atom is 0.227 e. The van der Waals surface area contributed by atoms with Crippen molar-refractivity contribution in [1.29, 1.82) is 0 Å². The van der Waals surface area contributed by atoms with E-state index >= 15 is 0 Å². The van der Waals surface area contributed by atoms with E-state index in [1.165, 1.54) is 25.0 Å². The van der Waals surface area contributed by atoms with E-state index in [4.69, 9.17) is 10.3 Å². The number of nitrogens with two attached hydrogens (primary N) is 1. The largest absolute Gasteiger partial charge is 0.339 e. The summed E-state index contributed by atoms with van der Waals surface area (Å²) in [6.45, 7) is 1.90. The summed E-state index contributed by atoms with van der Waals surface area (Å²) >= 11 is 0. The second-order valence-electron chi connectivity index (χ2n) is 5.88. The Kier molecular flexibility index (Phi) is 4.01. The Morgan fingerprint density at radius 2 is 2.14 bits per heavy atom. The number of rotatable bonds is 3. The molecule has 0 amide bonds. The van der Waals surface area contributed by atoms with Gasteiger partial charge >= 0.3 is 0 Å². The van der Waals surface area contributed by atoms with E-state index < -0.39 is 0 Å². The quantitative estimate of drug-likeness (QED) is 0.942. The summed E-state index contributed by atoms with van der Waals surface area (Å²) in [5.74, 6) is 1.15. The number of nitrogens with zero attached hydrogens (tertiary/aromatic N) is 2. The van der Waals surface area contributed by atoms with Crippen LogP contribution in [0.5, 0.6) is 0 Å². The fourth-order valence-corrected chi connectivity index (χ4v) is 3.00. The van der Waals surface area contributed by atoms with Crippen LogP contribution in [-0.4, -0.2) is 16.2 Å². The highest BCUT2D eigenvalue weighted by Gasteiger charge is 2.24. The molecule has 1 fully saturated rings. The lowest BCUT2D eigenvalue weighted by molar-refractivity contribution is 0.273. The fourth-order valence-electron chi connectivity index (χ4n) is 3.00. The third-order valence-corrected chi connectivity index (χ3v) is 4.31. The summed E-state index contributed by atoms with van der Waals surface area (Å²) < 4.78 is 18.7. The Balaban J connectivity index is 1.78. The Bertz CT molecular complexity index is 626. The number of aryl methyl sites for hydroxylation is 1. The predicted molar refractivity (Wildman–Crippen MR) is 78.1 cm³/mol. The number of hydrogen-bond acceptors (Lipinski definition) is 4. The molecule has 4 nitrogen and oxygen atoms in total. The molecule has 0 saturated heterocycles. The molecule has 112 valence electrons. The van der Waals surface area contributed by atoms with Crippen LogP contribution in [0.4, 0.5) is 4.39 Å². The average Bonchev–Trinajstić information content (AvgIpc) is 2.92. The van der Waals surface area contributed by atoms with Crippen LogP contribution in [0.2, 0.25) is 0 Å². The highest BCUT2D eigenvalue weighted by molar-refractivity contribution is 5.59. The van der Waals surface area contributed by atoms with Crippen molar-refractivity contribution in [2.45, 2.75) is 45.1 Å². The molecule has 2 unspecified atom stereocenters. The molecule has 1 saturated carbocycles. The molecule has 1 aromatic heterocycles. The number of aromatic nitrogens is 2. The van der Waals surface area contributed by atoms with E-state index in [9.17, 15) is 4.39 Å². The van der Waals surface area contributed by atoms with Gasteiger partial charge in [0.05, 0.1) is 0 Å². The van der Waals surface area contributed by atoms with Crippen LogP contribution in [0, 0.1) is 18.7 Å². The zero-order chi connectivity index (χ0) is 14.8. The van der Waals surface area contributed by atoms with E-state index in [-0.39, 0.29) is 11.9 Å². The zero-order valence-corrected chi connectivity index (χ0v) is 12.2. The van der Waals surface area contributed by atoms with Crippen molar-refractivity contribution in [3.63, 3.8) is 0 Å². The van der Waals surface area contributed by atoms with Crippen LogP contribution in [0.1, 0.15) is 37.1 Å². The van der Waals surface area contributed by atoms with Gasteiger partial charge < -0.3 is 10.3 Å². The summed E-state index contributed by atoms with van der Waals surface area (Å²) in [6.07, 6.45) is 5.30. The van der Waals surface area contributed by atoms with Gasteiger partial charge in [0.1, 0.15) is 5.82 Å². The Labute approximate surface area is 123 Å². The van der Waals surface area contributed by atoms with Gasteiger partial charge in [0, 0.05) is 18.0 Å². The molecule has 0 aliphatic heterocycles. The minimum atomic E-state index is -0.295. The molecule has 0 bridgehead atoms. The van der Waals surface area contributed by atoms with Crippen molar-refractivity contribution >= 4 is 0 Å². The lowest BCUT2D eigenvalue weighted by atomic mass is 9.83. The van der Waals surface area contributed by atoms with E-state index in [2.05, 4.69) is 10.1 Å². The zero-order valence-electron chi connectivity index (χ0n) is 12.2. The van der Waals surface area contributed by atoms with Crippen LogP contribution in [0.25, 0.3) is 11.4 Å². The standard InChI is InChI=1S/C16H20FN3O/c1-10-6-7-12(17)9-13(10)16-19-15(21-20-16)8-11-4-2-3-5-14(11)18/h6-7,9,11,14H,2-5,8,18H2,1H3. The van der Waals surface area contributed by atoms with E-state index in [0.29, 0.717) is 29.6 Å². The van der Waals surface area contributed by atoms with Crippen LogP contribution < -0.4 is 5.73 Å². The summed E-state index contributed by atoms with van der Waals surface area (Å²) in [6, 6.07) is 4.81. The first-order chi connectivity index (χ1) is 10.1. The van der Waals surface area contributed by atoms with Gasteiger partial charge in [0.2, 0.25) is 11.7 Å². The summed E-state index contributed by atoms with van der Waals surface area (Å²) in [5, 5.41) is 3.99. The monoisotopic (exact) mass is 289 g/mol. The molecule has 1 heterocycles. The smallest absolute Gasteiger partial charge is 0.227 e. The van der Waals surface area contributed by atoms with Crippen LogP contribution >= 0.6 is 0 Å². The summed E-state index contributed by atoms with van der Waals surface area (Å²) in [7, 11) is 0. The van der Waals surface area contributed by atoms with Crippen molar-refractivity contribution in [2.24, 2.45) is 11.7 Å². The molecule has 1 aliphatic rings. The molecule has 2 atom stereocenters. The first-order valence-corrected chi connectivity index (χ1v) is 7.48. The van der Waals surface area contributed by atoms with E-state index in [1.807, 2.05) is 6.92 Å². The second-order valence-corrected chi connectivity index (χ2v) is 5.88. The maximum absolute atomic E-state index is 13.4. The lowest BCUT2D eigenvalue weighted by Crippen LogP contribution is -2.34. The topological polar surface area (TPSA) is 64.9 Å². The number of benzene rings is 1. The van der Waals surface area contributed by atoms with Crippen molar-refractivity contribution < 1.29 is 8.91 Å². The minimum absolute atomic E-state index is 0.213. The van der Waals surface area contributed by atoms with E-state index in [1.54, 1.807) is 6.07 Å².